The van der Waals surface area contributed by atoms with Crippen LogP contribution in [0.4, 0.5) is 0 Å². The number of aromatic nitrogens is 3. The number of H-pyrrole nitrogens is 1. The minimum atomic E-state index is 0.460. The van der Waals surface area contributed by atoms with Crippen LogP contribution >= 0.6 is 12.2 Å². The van der Waals surface area contributed by atoms with Gasteiger partial charge in [0.05, 0.1) is 6.21 Å². The third-order valence-corrected chi connectivity index (χ3v) is 3.78. The Bertz CT molecular complexity index is 927. The van der Waals surface area contributed by atoms with Crippen LogP contribution in [0.5, 0.6) is 5.75 Å². The molecule has 0 atom stereocenters. The second-order valence-electron chi connectivity index (χ2n) is 5.45. The molecule has 122 valence electrons. The van der Waals surface area contributed by atoms with Crippen molar-refractivity contribution in [3.05, 3.63) is 75.8 Å². The van der Waals surface area contributed by atoms with Crippen LogP contribution in [0.2, 0.25) is 0 Å². The molecule has 24 heavy (non-hydrogen) atoms. The number of para-hydroxylation sites is 1. The number of aromatic amines is 1. The summed E-state index contributed by atoms with van der Waals surface area (Å²) in [4.78, 5) is 0. The van der Waals surface area contributed by atoms with E-state index in [4.69, 9.17) is 17.0 Å². The van der Waals surface area contributed by atoms with Gasteiger partial charge in [0.2, 0.25) is 4.77 Å². The molecule has 0 amide bonds. The molecule has 0 fully saturated rings. The van der Waals surface area contributed by atoms with Crippen molar-refractivity contribution in [2.45, 2.75) is 20.5 Å². The Balaban J connectivity index is 1.79. The third kappa shape index (κ3) is 3.78. The van der Waals surface area contributed by atoms with Crippen LogP contribution in [-0.2, 0) is 6.61 Å². The van der Waals surface area contributed by atoms with E-state index in [2.05, 4.69) is 40.4 Å². The van der Waals surface area contributed by atoms with Gasteiger partial charge < -0.3 is 4.74 Å². The zero-order valence-electron chi connectivity index (χ0n) is 13.6. The molecule has 3 rings (SSSR count). The van der Waals surface area contributed by atoms with Gasteiger partial charge in [-0.05, 0) is 43.8 Å². The minimum absolute atomic E-state index is 0.460. The van der Waals surface area contributed by atoms with Gasteiger partial charge in [0.15, 0.2) is 0 Å². The van der Waals surface area contributed by atoms with Crippen LogP contribution < -0.4 is 4.74 Å². The highest BCUT2D eigenvalue weighted by molar-refractivity contribution is 7.71. The van der Waals surface area contributed by atoms with Gasteiger partial charge in [0.1, 0.15) is 18.2 Å². The van der Waals surface area contributed by atoms with Crippen LogP contribution in [0.3, 0.4) is 0 Å². The molecule has 0 aliphatic heterocycles. The van der Waals surface area contributed by atoms with E-state index in [1.807, 2.05) is 37.3 Å². The number of aryl methyl sites for hydroxylation is 2. The highest BCUT2D eigenvalue weighted by Gasteiger charge is 2.03. The van der Waals surface area contributed by atoms with Crippen molar-refractivity contribution in [1.82, 2.24) is 14.9 Å². The second-order valence-corrected chi connectivity index (χ2v) is 5.83. The Kier molecular flexibility index (Phi) is 4.86. The lowest BCUT2D eigenvalue weighted by atomic mass is 10.1. The van der Waals surface area contributed by atoms with E-state index in [0.29, 0.717) is 17.2 Å². The predicted molar refractivity (Wildman–Crippen MR) is 97.1 cm³/mol. The summed E-state index contributed by atoms with van der Waals surface area (Å²) in [6.45, 7) is 4.42. The number of ether oxygens (including phenoxy) is 1. The first kappa shape index (κ1) is 16.1. The van der Waals surface area contributed by atoms with Gasteiger partial charge in [-0.1, -0.05) is 42.0 Å². The maximum Gasteiger partial charge on any atom is 0.216 e. The lowest BCUT2D eigenvalue weighted by Crippen LogP contribution is -2.00. The molecule has 6 heteroatoms. The fourth-order valence-electron chi connectivity index (χ4n) is 2.31. The Hall–Kier alpha value is -2.73. The number of nitrogens with one attached hydrogen (secondary N) is 1. The molecule has 0 spiro atoms. The summed E-state index contributed by atoms with van der Waals surface area (Å²) >= 11 is 5.15. The molecule has 2 aromatic carbocycles. The van der Waals surface area contributed by atoms with Gasteiger partial charge in [-0.3, -0.25) is 5.10 Å². The Labute approximate surface area is 145 Å². The molecular weight excluding hydrogens is 320 g/mol. The topological polar surface area (TPSA) is 55.2 Å². The molecule has 0 bridgehead atoms. The zero-order valence-corrected chi connectivity index (χ0v) is 14.4. The number of benzene rings is 2. The SMILES string of the molecule is Cc1cccc(COc2ccccc2/C=N/n2c(C)n[nH]c2=S)c1. The average Bonchev–Trinajstić information content (AvgIpc) is 2.90. The standard InChI is InChI=1S/C18H18N4OS/c1-13-6-5-7-15(10-13)12-23-17-9-4-3-8-16(17)11-19-22-14(2)20-21-18(22)24/h3-11H,12H2,1-2H3,(H,21,24)/b19-11+. The van der Waals surface area contributed by atoms with Crippen molar-refractivity contribution >= 4 is 18.4 Å². The second kappa shape index (κ2) is 7.23. The van der Waals surface area contributed by atoms with Gasteiger partial charge in [0, 0.05) is 5.56 Å². The first-order valence-electron chi connectivity index (χ1n) is 7.59. The maximum atomic E-state index is 5.96. The molecule has 0 aliphatic rings. The van der Waals surface area contributed by atoms with Gasteiger partial charge >= 0.3 is 0 Å². The van der Waals surface area contributed by atoms with Crippen molar-refractivity contribution < 1.29 is 4.74 Å². The monoisotopic (exact) mass is 338 g/mol. The van der Waals surface area contributed by atoms with Crippen LogP contribution in [0, 0.1) is 18.6 Å². The quantitative estimate of drug-likeness (QED) is 0.565. The van der Waals surface area contributed by atoms with Crippen molar-refractivity contribution in [1.29, 1.82) is 0 Å². The summed E-state index contributed by atoms with van der Waals surface area (Å²) in [6.07, 6.45) is 1.73. The van der Waals surface area contributed by atoms with E-state index in [9.17, 15) is 0 Å². The summed E-state index contributed by atoms with van der Waals surface area (Å²) < 4.78 is 7.99. The highest BCUT2D eigenvalue weighted by Crippen LogP contribution is 2.18. The molecule has 1 heterocycles. The molecule has 0 radical (unpaired) electrons. The van der Waals surface area contributed by atoms with Crippen molar-refractivity contribution in [3.8, 4) is 5.75 Å². The van der Waals surface area contributed by atoms with Gasteiger partial charge in [-0.25, -0.2) is 0 Å². The Morgan fingerprint density at radius 2 is 2.04 bits per heavy atom. The van der Waals surface area contributed by atoms with Crippen molar-refractivity contribution in [2.75, 3.05) is 0 Å². The highest BCUT2D eigenvalue weighted by atomic mass is 32.1. The Morgan fingerprint density at radius 3 is 2.79 bits per heavy atom. The van der Waals surface area contributed by atoms with Crippen molar-refractivity contribution in [2.24, 2.45) is 5.10 Å². The molecule has 3 aromatic rings. The number of rotatable bonds is 5. The lowest BCUT2D eigenvalue weighted by Gasteiger charge is -2.09. The van der Waals surface area contributed by atoms with Crippen LogP contribution in [0.15, 0.2) is 53.6 Å². The Morgan fingerprint density at radius 1 is 1.21 bits per heavy atom. The predicted octanol–water partition coefficient (Wildman–Crippen LogP) is 4.02. The van der Waals surface area contributed by atoms with Gasteiger partial charge in [-0.15, -0.1) is 0 Å². The molecule has 0 aliphatic carbocycles. The summed E-state index contributed by atoms with van der Waals surface area (Å²) in [7, 11) is 0. The summed E-state index contributed by atoms with van der Waals surface area (Å²) in [5.74, 6) is 1.48. The first-order chi connectivity index (χ1) is 11.6. The normalized spacial score (nSPS) is 11.1. The third-order valence-electron chi connectivity index (χ3n) is 3.52. The molecule has 0 saturated heterocycles. The molecule has 1 aromatic heterocycles. The molecule has 5 nitrogen and oxygen atoms in total. The van der Waals surface area contributed by atoms with Gasteiger partial charge in [-0.2, -0.15) is 14.9 Å². The summed E-state index contributed by atoms with van der Waals surface area (Å²) in [6, 6.07) is 16.0. The van der Waals surface area contributed by atoms with Crippen LogP contribution in [0.1, 0.15) is 22.5 Å². The van der Waals surface area contributed by atoms with E-state index >= 15 is 0 Å². The fraction of sp³-hybridized carbons (Fsp3) is 0.167. The average molecular weight is 338 g/mol. The zero-order chi connectivity index (χ0) is 16.9. The molecular formula is C18H18N4OS. The van der Waals surface area contributed by atoms with E-state index in [-0.39, 0.29) is 0 Å². The van der Waals surface area contributed by atoms with Crippen LogP contribution in [-0.4, -0.2) is 21.1 Å². The van der Waals surface area contributed by atoms with E-state index in [0.717, 1.165) is 16.9 Å². The smallest absolute Gasteiger partial charge is 0.216 e. The van der Waals surface area contributed by atoms with Gasteiger partial charge in [0.25, 0.3) is 0 Å². The molecule has 0 unspecified atom stereocenters. The van der Waals surface area contributed by atoms with E-state index in [1.54, 1.807) is 10.9 Å². The summed E-state index contributed by atoms with van der Waals surface area (Å²) in [5, 5.41) is 11.1. The number of hydrogen-bond acceptors (Lipinski definition) is 4. The lowest BCUT2D eigenvalue weighted by molar-refractivity contribution is 0.305. The molecule has 0 saturated carbocycles. The largest absolute Gasteiger partial charge is 0.488 e. The van der Waals surface area contributed by atoms with E-state index < -0.39 is 0 Å². The first-order valence-corrected chi connectivity index (χ1v) is 8.00. The van der Waals surface area contributed by atoms with E-state index in [1.165, 1.54) is 5.56 Å². The van der Waals surface area contributed by atoms with Crippen LogP contribution in [0.25, 0.3) is 0 Å². The fourth-order valence-corrected chi connectivity index (χ4v) is 2.53. The van der Waals surface area contributed by atoms with Crippen molar-refractivity contribution in [3.63, 3.8) is 0 Å². The number of nitrogens with zero attached hydrogens (tertiary/aromatic N) is 3. The minimum Gasteiger partial charge on any atom is -0.488 e. The maximum absolute atomic E-state index is 5.96. The summed E-state index contributed by atoms with van der Waals surface area (Å²) in [5.41, 5.74) is 3.23. The molecule has 1 N–H and O–H groups in total. The number of hydrogen-bond donors (Lipinski definition) is 1.